The largest absolute Gasteiger partial charge is 0.494 e. The topological polar surface area (TPSA) is 71.7 Å². The summed E-state index contributed by atoms with van der Waals surface area (Å²) in [7, 11) is 0. The molecule has 0 bridgehead atoms. The number of carbonyl (C=O) groups is 1. The third-order valence-corrected chi connectivity index (χ3v) is 3.84. The Kier molecular flexibility index (Phi) is 3.70. The highest BCUT2D eigenvalue weighted by molar-refractivity contribution is 5.94. The number of aromatic hydroxyl groups is 2. The number of rotatable bonds is 3. The average molecular weight is 311 g/mol. The second-order valence-corrected chi connectivity index (χ2v) is 5.26. The lowest BCUT2D eigenvalue weighted by atomic mass is 10.1. The highest BCUT2D eigenvalue weighted by atomic mass is 16.5. The molecule has 0 saturated carbocycles. The number of fused-ring (bicyclic) bond motifs is 1. The van der Waals surface area contributed by atoms with E-state index < -0.39 is 0 Å². The van der Waals surface area contributed by atoms with E-state index >= 15 is 0 Å². The number of carbonyl (C=O) groups excluding carboxylic acids is 1. The van der Waals surface area contributed by atoms with Crippen LogP contribution in [0, 0.1) is 6.92 Å². The van der Waals surface area contributed by atoms with E-state index in [1.165, 1.54) is 4.57 Å². The van der Waals surface area contributed by atoms with Gasteiger partial charge in [0.1, 0.15) is 5.75 Å². The van der Waals surface area contributed by atoms with Gasteiger partial charge in [-0.1, -0.05) is 25.1 Å². The summed E-state index contributed by atoms with van der Waals surface area (Å²) in [6.45, 7) is 3.50. The van der Waals surface area contributed by atoms with Crippen LogP contribution in [0.25, 0.3) is 16.5 Å². The molecular formula is C18H17NO4. The van der Waals surface area contributed by atoms with E-state index in [2.05, 4.69) is 0 Å². The first kappa shape index (κ1) is 15.0. The van der Waals surface area contributed by atoms with Crippen LogP contribution in [0.1, 0.15) is 18.9 Å². The highest BCUT2D eigenvalue weighted by Crippen LogP contribution is 2.40. The van der Waals surface area contributed by atoms with Gasteiger partial charge in [0.05, 0.1) is 5.69 Å². The molecule has 0 aliphatic rings. The molecule has 2 aromatic carbocycles. The predicted molar refractivity (Wildman–Crippen MR) is 87.3 cm³/mol. The first-order valence-corrected chi connectivity index (χ1v) is 7.36. The molecule has 0 radical (unpaired) electrons. The zero-order valence-electron chi connectivity index (χ0n) is 12.9. The van der Waals surface area contributed by atoms with Crippen LogP contribution in [0.5, 0.6) is 17.5 Å². The molecular weight excluding hydrogens is 294 g/mol. The first-order chi connectivity index (χ1) is 11.0. The van der Waals surface area contributed by atoms with Crippen LogP contribution in [0.2, 0.25) is 0 Å². The molecule has 2 N–H and O–H groups in total. The summed E-state index contributed by atoms with van der Waals surface area (Å²) in [5.74, 6) is -0.0393. The normalized spacial score (nSPS) is 10.9. The number of benzene rings is 2. The Bertz CT molecular complexity index is 856. The third kappa shape index (κ3) is 2.40. The van der Waals surface area contributed by atoms with E-state index in [4.69, 9.17) is 4.74 Å². The van der Waals surface area contributed by atoms with Gasteiger partial charge in [0, 0.05) is 22.8 Å². The second kappa shape index (κ2) is 5.68. The zero-order valence-corrected chi connectivity index (χ0v) is 12.9. The SMILES string of the molecule is CCC(=O)Oc1cccc(-n2c(O)c3ccccc3c2O)c1C. The summed E-state index contributed by atoms with van der Waals surface area (Å²) >= 11 is 0. The summed E-state index contributed by atoms with van der Waals surface area (Å²) in [4.78, 5) is 11.5. The Morgan fingerprint density at radius 3 is 2.22 bits per heavy atom. The molecule has 3 rings (SSSR count). The lowest BCUT2D eigenvalue weighted by Crippen LogP contribution is -2.08. The standard InChI is InChI=1S/C18H17NO4/c1-3-16(20)23-15-10-6-9-14(11(15)2)19-17(21)12-7-4-5-8-13(12)18(19)22/h4-10,21-22H,3H2,1-2H3. The smallest absolute Gasteiger partial charge is 0.310 e. The van der Waals surface area contributed by atoms with E-state index in [0.29, 0.717) is 27.8 Å². The van der Waals surface area contributed by atoms with Crippen molar-refractivity contribution in [1.29, 1.82) is 0 Å². The predicted octanol–water partition coefficient (Wildman–Crippen LogP) is 3.67. The van der Waals surface area contributed by atoms with Gasteiger partial charge < -0.3 is 14.9 Å². The molecule has 0 atom stereocenters. The molecule has 0 aliphatic heterocycles. The van der Waals surface area contributed by atoms with Crippen molar-refractivity contribution >= 4 is 16.7 Å². The molecule has 118 valence electrons. The van der Waals surface area contributed by atoms with Crippen LogP contribution in [-0.2, 0) is 4.79 Å². The monoisotopic (exact) mass is 311 g/mol. The van der Waals surface area contributed by atoms with E-state index in [9.17, 15) is 15.0 Å². The summed E-state index contributed by atoms with van der Waals surface area (Å²) in [6.07, 6.45) is 0.271. The lowest BCUT2D eigenvalue weighted by Gasteiger charge is -2.13. The van der Waals surface area contributed by atoms with E-state index in [1.54, 1.807) is 56.3 Å². The van der Waals surface area contributed by atoms with Crippen LogP contribution < -0.4 is 4.74 Å². The molecule has 1 heterocycles. The zero-order chi connectivity index (χ0) is 16.6. The van der Waals surface area contributed by atoms with Gasteiger partial charge in [-0.3, -0.25) is 9.36 Å². The summed E-state index contributed by atoms with van der Waals surface area (Å²) in [5.41, 5.74) is 1.21. The average Bonchev–Trinajstić information content (AvgIpc) is 2.81. The maximum absolute atomic E-state index is 11.5. The Morgan fingerprint density at radius 1 is 1.04 bits per heavy atom. The van der Waals surface area contributed by atoms with Crippen LogP contribution >= 0.6 is 0 Å². The lowest BCUT2D eigenvalue weighted by molar-refractivity contribution is -0.134. The van der Waals surface area contributed by atoms with E-state index in [0.717, 1.165) is 0 Å². The van der Waals surface area contributed by atoms with E-state index in [-0.39, 0.29) is 24.2 Å². The number of aromatic nitrogens is 1. The number of nitrogens with zero attached hydrogens (tertiary/aromatic N) is 1. The van der Waals surface area contributed by atoms with Crippen LogP contribution in [-0.4, -0.2) is 20.7 Å². The summed E-state index contributed by atoms with van der Waals surface area (Å²) in [6, 6.07) is 12.2. The number of hydrogen-bond donors (Lipinski definition) is 2. The minimum absolute atomic E-state index is 0.0554. The van der Waals surface area contributed by atoms with Gasteiger partial charge in [-0.15, -0.1) is 0 Å². The van der Waals surface area contributed by atoms with Crippen LogP contribution in [0.15, 0.2) is 42.5 Å². The van der Waals surface area contributed by atoms with Gasteiger partial charge in [-0.25, -0.2) is 0 Å². The third-order valence-electron chi connectivity index (χ3n) is 3.84. The van der Waals surface area contributed by atoms with Gasteiger partial charge in [0.15, 0.2) is 0 Å². The van der Waals surface area contributed by atoms with Crippen LogP contribution in [0.4, 0.5) is 0 Å². The maximum Gasteiger partial charge on any atom is 0.310 e. The van der Waals surface area contributed by atoms with Crippen molar-refractivity contribution in [2.45, 2.75) is 20.3 Å². The van der Waals surface area contributed by atoms with Crippen molar-refractivity contribution in [3.63, 3.8) is 0 Å². The Morgan fingerprint density at radius 2 is 1.65 bits per heavy atom. The maximum atomic E-state index is 11.5. The van der Waals surface area contributed by atoms with Gasteiger partial charge in [-0.05, 0) is 31.2 Å². The van der Waals surface area contributed by atoms with Gasteiger partial charge >= 0.3 is 5.97 Å². The van der Waals surface area contributed by atoms with Crippen molar-refractivity contribution in [3.8, 4) is 23.2 Å². The second-order valence-electron chi connectivity index (χ2n) is 5.26. The summed E-state index contributed by atoms with van der Waals surface area (Å²) in [5, 5.41) is 22.0. The molecule has 5 nitrogen and oxygen atoms in total. The van der Waals surface area contributed by atoms with Crippen LogP contribution in [0.3, 0.4) is 0 Å². The molecule has 0 spiro atoms. The molecule has 23 heavy (non-hydrogen) atoms. The number of esters is 1. The minimum atomic E-state index is -0.337. The Labute approximate surface area is 133 Å². The molecule has 0 saturated heterocycles. The van der Waals surface area contributed by atoms with Crippen molar-refractivity contribution < 1.29 is 19.7 Å². The molecule has 0 amide bonds. The van der Waals surface area contributed by atoms with Crippen molar-refractivity contribution in [1.82, 2.24) is 4.57 Å². The summed E-state index contributed by atoms with van der Waals surface area (Å²) < 4.78 is 6.65. The van der Waals surface area contributed by atoms with E-state index in [1.807, 2.05) is 0 Å². The van der Waals surface area contributed by atoms with Crippen molar-refractivity contribution in [2.24, 2.45) is 0 Å². The van der Waals surface area contributed by atoms with Gasteiger partial charge in [-0.2, -0.15) is 0 Å². The van der Waals surface area contributed by atoms with Crippen molar-refractivity contribution in [3.05, 3.63) is 48.0 Å². The number of hydrogen-bond acceptors (Lipinski definition) is 4. The van der Waals surface area contributed by atoms with Crippen molar-refractivity contribution in [2.75, 3.05) is 0 Å². The minimum Gasteiger partial charge on any atom is -0.494 e. The van der Waals surface area contributed by atoms with Gasteiger partial charge in [0.2, 0.25) is 11.8 Å². The Balaban J connectivity index is 2.20. The highest BCUT2D eigenvalue weighted by Gasteiger charge is 2.19. The fraction of sp³-hybridized carbons (Fsp3) is 0.167. The fourth-order valence-corrected chi connectivity index (χ4v) is 2.59. The number of ether oxygens (including phenoxy) is 1. The molecule has 0 fully saturated rings. The molecule has 0 aliphatic carbocycles. The molecule has 5 heteroatoms. The van der Waals surface area contributed by atoms with Gasteiger partial charge in [0.25, 0.3) is 0 Å². The Hall–Kier alpha value is -2.95. The first-order valence-electron chi connectivity index (χ1n) is 7.36. The fourth-order valence-electron chi connectivity index (χ4n) is 2.59. The quantitative estimate of drug-likeness (QED) is 0.572. The molecule has 1 aromatic heterocycles. The molecule has 3 aromatic rings. The molecule has 0 unspecified atom stereocenters.